The van der Waals surface area contributed by atoms with E-state index < -0.39 is 0 Å². The van der Waals surface area contributed by atoms with Gasteiger partial charge >= 0.3 is 0 Å². The zero-order valence-corrected chi connectivity index (χ0v) is 12.2. The Balaban J connectivity index is 2.30. The highest BCUT2D eigenvalue weighted by molar-refractivity contribution is 6.09. The van der Waals surface area contributed by atoms with Crippen molar-refractivity contribution in [3.8, 4) is 0 Å². The third kappa shape index (κ3) is 3.34. The fourth-order valence-corrected chi connectivity index (χ4v) is 2.31. The lowest BCUT2D eigenvalue weighted by Gasteiger charge is -2.19. The van der Waals surface area contributed by atoms with Crippen LogP contribution in [0.25, 0.3) is 0 Å². The van der Waals surface area contributed by atoms with Crippen molar-refractivity contribution >= 4 is 5.78 Å². The lowest BCUT2D eigenvalue weighted by Crippen LogP contribution is -2.23. The zero-order chi connectivity index (χ0) is 14.4. The van der Waals surface area contributed by atoms with Crippen molar-refractivity contribution in [1.29, 1.82) is 0 Å². The highest BCUT2D eigenvalue weighted by Gasteiger charge is 2.14. The maximum atomic E-state index is 12.6. The van der Waals surface area contributed by atoms with Gasteiger partial charge in [-0.3, -0.25) is 9.69 Å². The van der Waals surface area contributed by atoms with E-state index >= 15 is 0 Å². The number of ketones is 1. The lowest BCUT2D eigenvalue weighted by molar-refractivity contribution is 0.103. The van der Waals surface area contributed by atoms with Gasteiger partial charge in [0.25, 0.3) is 0 Å². The van der Waals surface area contributed by atoms with E-state index in [-0.39, 0.29) is 5.78 Å². The smallest absolute Gasteiger partial charge is 0.193 e. The van der Waals surface area contributed by atoms with Gasteiger partial charge in [0.2, 0.25) is 0 Å². The summed E-state index contributed by atoms with van der Waals surface area (Å²) in [7, 11) is 0. The molecule has 0 aromatic heterocycles. The predicted molar refractivity (Wildman–Crippen MR) is 82.9 cm³/mol. The van der Waals surface area contributed by atoms with Gasteiger partial charge in [-0.1, -0.05) is 68.4 Å². The molecule has 2 nitrogen and oxygen atoms in total. The van der Waals surface area contributed by atoms with Crippen molar-refractivity contribution in [2.45, 2.75) is 20.4 Å². The van der Waals surface area contributed by atoms with Crippen LogP contribution in [0.4, 0.5) is 0 Å². The molecular weight excluding hydrogens is 246 g/mol. The molecule has 0 unspecified atom stereocenters. The molecule has 0 saturated heterocycles. The van der Waals surface area contributed by atoms with Crippen molar-refractivity contribution in [3.05, 3.63) is 71.3 Å². The monoisotopic (exact) mass is 267 g/mol. The summed E-state index contributed by atoms with van der Waals surface area (Å²) < 4.78 is 0. The molecule has 2 heteroatoms. The second-order valence-electron chi connectivity index (χ2n) is 4.81. The fraction of sp³-hybridized carbons (Fsp3) is 0.278. The van der Waals surface area contributed by atoms with Gasteiger partial charge in [0.15, 0.2) is 5.78 Å². The van der Waals surface area contributed by atoms with Gasteiger partial charge in [-0.15, -0.1) is 0 Å². The molecule has 0 amide bonds. The first-order chi connectivity index (χ1) is 9.76. The van der Waals surface area contributed by atoms with Gasteiger partial charge in [-0.25, -0.2) is 0 Å². The van der Waals surface area contributed by atoms with Crippen LogP contribution in [-0.2, 0) is 6.54 Å². The summed E-state index contributed by atoms with van der Waals surface area (Å²) in [4.78, 5) is 14.9. The van der Waals surface area contributed by atoms with Crippen LogP contribution in [0.3, 0.4) is 0 Å². The van der Waals surface area contributed by atoms with E-state index in [1.54, 1.807) is 0 Å². The van der Waals surface area contributed by atoms with Crippen molar-refractivity contribution in [2.75, 3.05) is 13.1 Å². The normalized spacial score (nSPS) is 10.8. The van der Waals surface area contributed by atoms with Crippen LogP contribution in [0.2, 0.25) is 0 Å². The summed E-state index contributed by atoms with van der Waals surface area (Å²) in [6.45, 7) is 7.09. The number of carbonyl (C=O) groups excluding carboxylic acids is 1. The average Bonchev–Trinajstić information content (AvgIpc) is 2.53. The number of carbonyl (C=O) groups is 1. The van der Waals surface area contributed by atoms with Crippen LogP contribution in [0, 0.1) is 0 Å². The van der Waals surface area contributed by atoms with Crippen molar-refractivity contribution in [3.63, 3.8) is 0 Å². The largest absolute Gasteiger partial charge is 0.300 e. The van der Waals surface area contributed by atoms with Gasteiger partial charge in [0.1, 0.15) is 0 Å². The van der Waals surface area contributed by atoms with Crippen LogP contribution in [-0.4, -0.2) is 23.8 Å². The Bertz CT molecular complexity index is 559. The van der Waals surface area contributed by atoms with Crippen molar-refractivity contribution in [2.24, 2.45) is 0 Å². The van der Waals surface area contributed by atoms with Crippen LogP contribution >= 0.6 is 0 Å². The molecular formula is C18H21NO. The molecule has 0 heterocycles. The second kappa shape index (κ2) is 7.01. The van der Waals surface area contributed by atoms with E-state index in [0.717, 1.165) is 36.3 Å². The van der Waals surface area contributed by atoms with Gasteiger partial charge in [0, 0.05) is 17.7 Å². The fourth-order valence-electron chi connectivity index (χ4n) is 2.31. The zero-order valence-electron chi connectivity index (χ0n) is 12.2. The van der Waals surface area contributed by atoms with Crippen LogP contribution in [0.5, 0.6) is 0 Å². The van der Waals surface area contributed by atoms with E-state index in [9.17, 15) is 4.79 Å². The highest BCUT2D eigenvalue weighted by atomic mass is 16.1. The molecule has 0 saturated carbocycles. The lowest BCUT2D eigenvalue weighted by atomic mass is 9.98. The molecule has 0 radical (unpaired) electrons. The van der Waals surface area contributed by atoms with E-state index in [1.807, 2.05) is 48.5 Å². The number of hydrogen-bond donors (Lipinski definition) is 0. The molecule has 2 aromatic rings. The Morgan fingerprint density at radius 2 is 1.50 bits per heavy atom. The first kappa shape index (κ1) is 14.5. The summed E-state index contributed by atoms with van der Waals surface area (Å²) in [5, 5.41) is 0. The first-order valence-electron chi connectivity index (χ1n) is 7.16. The Hall–Kier alpha value is -1.93. The molecule has 2 aromatic carbocycles. The Labute approximate surface area is 121 Å². The number of benzene rings is 2. The van der Waals surface area contributed by atoms with Gasteiger partial charge in [-0.05, 0) is 18.7 Å². The minimum absolute atomic E-state index is 0.105. The van der Waals surface area contributed by atoms with E-state index in [2.05, 4.69) is 24.8 Å². The molecule has 0 fully saturated rings. The summed E-state index contributed by atoms with van der Waals surface area (Å²) in [6, 6.07) is 17.4. The quantitative estimate of drug-likeness (QED) is 0.743. The molecule has 0 N–H and O–H groups in total. The Morgan fingerprint density at radius 1 is 0.900 bits per heavy atom. The van der Waals surface area contributed by atoms with E-state index in [0.29, 0.717) is 0 Å². The molecule has 0 bridgehead atoms. The van der Waals surface area contributed by atoms with Crippen LogP contribution in [0.1, 0.15) is 35.3 Å². The Kier molecular flexibility index (Phi) is 5.08. The molecule has 0 aliphatic carbocycles. The van der Waals surface area contributed by atoms with Gasteiger partial charge < -0.3 is 0 Å². The number of rotatable bonds is 6. The molecule has 104 valence electrons. The minimum atomic E-state index is 0.105. The molecule has 2 rings (SSSR count). The van der Waals surface area contributed by atoms with Crippen LogP contribution < -0.4 is 0 Å². The number of hydrogen-bond acceptors (Lipinski definition) is 2. The minimum Gasteiger partial charge on any atom is -0.300 e. The SMILES string of the molecule is CCN(CC)Cc1ccccc1C(=O)c1ccccc1. The first-order valence-corrected chi connectivity index (χ1v) is 7.16. The summed E-state index contributed by atoms with van der Waals surface area (Å²) >= 11 is 0. The summed E-state index contributed by atoms with van der Waals surface area (Å²) in [5.74, 6) is 0.105. The highest BCUT2D eigenvalue weighted by Crippen LogP contribution is 2.16. The maximum Gasteiger partial charge on any atom is 0.193 e. The van der Waals surface area contributed by atoms with Gasteiger partial charge in [0.05, 0.1) is 0 Å². The third-order valence-electron chi connectivity index (χ3n) is 3.59. The topological polar surface area (TPSA) is 20.3 Å². The molecule has 20 heavy (non-hydrogen) atoms. The standard InChI is InChI=1S/C18H21NO/c1-3-19(4-2)14-16-12-8-9-13-17(16)18(20)15-10-6-5-7-11-15/h5-13H,3-4,14H2,1-2H3. The summed E-state index contributed by atoms with van der Waals surface area (Å²) in [5.41, 5.74) is 2.66. The predicted octanol–water partition coefficient (Wildman–Crippen LogP) is 3.76. The van der Waals surface area contributed by atoms with E-state index in [1.165, 1.54) is 0 Å². The van der Waals surface area contributed by atoms with Crippen LogP contribution in [0.15, 0.2) is 54.6 Å². The molecule has 0 spiro atoms. The second-order valence-corrected chi connectivity index (χ2v) is 4.81. The van der Waals surface area contributed by atoms with E-state index in [4.69, 9.17) is 0 Å². The average molecular weight is 267 g/mol. The Morgan fingerprint density at radius 3 is 2.15 bits per heavy atom. The number of nitrogens with zero attached hydrogens (tertiary/aromatic N) is 1. The van der Waals surface area contributed by atoms with Crippen molar-refractivity contribution in [1.82, 2.24) is 4.90 Å². The molecule has 0 aliphatic heterocycles. The molecule has 0 aliphatic rings. The maximum absolute atomic E-state index is 12.6. The molecule has 0 atom stereocenters. The third-order valence-corrected chi connectivity index (χ3v) is 3.59. The summed E-state index contributed by atoms with van der Waals surface area (Å²) in [6.07, 6.45) is 0. The van der Waals surface area contributed by atoms with Gasteiger partial charge in [-0.2, -0.15) is 0 Å². The van der Waals surface area contributed by atoms with Crippen molar-refractivity contribution < 1.29 is 4.79 Å².